The Hall–Kier alpha value is -1.68. The molecule has 0 bridgehead atoms. The number of H-pyrrole nitrogens is 1. The molecule has 0 aliphatic heterocycles. The van der Waals surface area contributed by atoms with E-state index in [-0.39, 0.29) is 0 Å². The molecule has 0 fully saturated rings. The average molecular weight is 274 g/mol. The van der Waals surface area contributed by atoms with Crippen molar-refractivity contribution in [2.75, 3.05) is 0 Å². The first kappa shape index (κ1) is 9.54. The minimum Gasteiger partial charge on any atom is -0.337 e. The first-order valence-corrected chi connectivity index (χ1v) is 5.69. The predicted octanol–water partition coefficient (Wildman–Crippen LogP) is 3.39. The lowest BCUT2D eigenvalue weighted by Gasteiger charge is -1.94. The molecule has 1 N–H and O–H groups in total. The number of aromatic amines is 1. The molecule has 0 aliphatic rings. The smallest absolute Gasteiger partial charge is 0.157 e. The molecule has 0 aliphatic carbocycles. The molecule has 0 radical (unpaired) electrons. The predicted molar refractivity (Wildman–Crippen MR) is 67.0 cm³/mol. The fraction of sp³-hybridized carbons (Fsp3) is 0. The molecule has 3 nitrogen and oxygen atoms in total. The summed E-state index contributed by atoms with van der Waals surface area (Å²) >= 11 is 3.36. The van der Waals surface area contributed by atoms with E-state index in [0.717, 1.165) is 27.0 Å². The second kappa shape index (κ2) is 3.72. The van der Waals surface area contributed by atoms with Gasteiger partial charge in [0.05, 0.1) is 11.0 Å². The minimum absolute atomic E-state index is 0.800. The monoisotopic (exact) mass is 273 g/mol. The molecule has 0 saturated heterocycles. The summed E-state index contributed by atoms with van der Waals surface area (Å²) in [5, 5.41) is 0. The second-order valence-corrected chi connectivity index (χ2v) is 4.38. The lowest BCUT2D eigenvalue weighted by atomic mass is 10.3. The van der Waals surface area contributed by atoms with Crippen LogP contribution in [0.5, 0.6) is 0 Å². The van der Waals surface area contributed by atoms with Crippen molar-refractivity contribution in [2.45, 2.75) is 0 Å². The van der Waals surface area contributed by atoms with Crippen LogP contribution in [0.2, 0.25) is 0 Å². The highest BCUT2D eigenvalue weighted by atomic mass is 79.9. The van der Waals surface area contributed by atoms with E-state index in [1.54, 1.807) is 6.20 Å². The number of benzene rings is 1. The van der Waals surface area contributed by atoms with E-state index >= 15 is 0 Å². The van der Waals surface area contributed by atoms with Gasteiger partial charge in [-0.2, -0.15) is 0 Å². The summed E-state index contributed by atoms with van der Waals surface area (Å²) in [7, 11) is 0. The van der Waals surface area contributed by atoms with Crippen molar-refractivity contribution < 1.29 is 0 Å². The number of rotatable bonds is 1. The van der Waals surface area contributed by atoms with Crippen molar-refractivity contribution in [1.82, 2.24) is 15.0 Å². The van der Waals surface area contributed by atoms with Gasteiger partial charge in [-0.15, -0.1) is 0 Å². The Labute approximate surface area is 101 Å². The Bertz CT molecular complexity index is 595. The summed E-state index contributed by atoms with van der Waals surface area (Å²) < 4.78 is 0.965. The van der Waals surface area contributed by atoms with Gasteiger partial charge < -0.3 is 4.98 Å². The highest BCUT2D eigenvalue weighted by Crippen LogP contribution is 2.19. The standard InChI is InChI=1S/C12H8BrN3/c13-8-5-6-11(14-7-8)12-15-9-3-1-2-4-10(9)16-12/h1-7H,(H,15,16). The van der Waals surface area contributed by atoms with E-state index in [1.165, 1.54) is 0 Å². The van der Waals surface area contributed by atoms with E-state index in [0.29, 0.717) is 0 Å². The third-order valence-electron chi connectivity index (χ3n) is 2.36. The van der Waals surface area contributed by atoms with Crippen molar-refractivity contribution >= 4 is 27.0 Å². The molecule has 0 unspecified atom stereocenters. The van der Waals surface area contributed by atoms with Crippen LogP contribution in [0.1, 0.15) is 0 Å². The maximum absolute atomic E-state index is 4.48. The summed E-state index contributed by atoms with van der Waals surface area (Å²) in [4.78, 5) is 12.0. The second-order valence-electron chi connectivity index (χ2n) is 3.46. The minimum atomic E-state index is 0.800. The summed E-state index contributed by atoms with van der Waals surface area (Å²) in [6.07, 6.45) is 1.77. The van der Waals surface area contributed by atoms with E-state index in [9.17, 15) is 0 Å². The number of nitrogens with one attached hydrogen (secondary N) is 1. The molecule has 16 heavy (non-hydrogen) atoms. The van der Waals surface area contributed by atoms with Gasteiger partial charge >= 0.3 is 0 Å². The van der Waals surface area contributed by atoms with Crippen molar-refractivity contribution in [3.63, 3.8) is 0 Å². The molecule has 3 aromatic rings. The van der Waals surface area contributed by atoms with E-state index in [1.807, 2.05) is 36.4 Å². The van der Waals surface area contributed by atoms with Gasteiger partial charge in [0.15, 0.2) is 5.82 Å². The first-order chi connectivity index (χ1) is 7.83. The summed E-state index contributed by atoms with van der Waals surface area (Å²) in [6, 6.07) is 11.8. The lowest BCUT2D eigenvalue weighted by molar-refractivity contribution is 1.23. The number of hydrogen-bond donors (Lipinski definition) is 1. The van der Waals surface area contributed by atoms with E-state index < -0.39 is 0 Å². The maximum Gasteiger partial charge on any atom is 0.157 e. The van der Waals surface area contributed by atoms with Crippen molar-refractivity contribution in [3.05, 3.63) is 47.1 Å². The van der Waals surface area contributed by atoms with Crippen molar-refractivity contribution in [1.29, 1.82) is 0 Å². The number of nitrogens with zero attached hydrogens (tertiary/aromatic N) is 2. The van der Waals surface area contributed by atoms with Gasteiger partial charge in [-0.3, -0.25) is 4.98 Å². The zero-order valence-electron chi connectivity index (χ0n) is 8.31. The van der Waals surface area contributed by atoms with Crippen LogP contribution < -0.4 is 0 Å². The molecule has 0 amide bonds. The van der Waals surface area contributed by atoms with E-state index in [4.69, 9.17) is 0 Å². The molecular formula is C12H8BrN3. The summed E-state index contributed by atoms with van der Waals surface area (Å²) in [5.74, 6) is 0.800. The Balaban J connectivity index is 2.15. The Morgan fingerprint density at radius 2 is 1.94 bits per heavy atom. The molecule has 78 valence electrons. The zero-order chi connectivity index (χ0) is 11.0. The number of para-hydroxylation sites is 2. The average Bonchev–Trinajstić information content (AvgIpc) is 2.73. The highest BCUT2D eigenvalue weighted by molar-refractivity contribution is 9.10. The Kier molecular flexibility index (Phi) is 2.22. The fourth-order valence-electron chi connectivity index (χ4n) is 1.59. The van der Waals surface area contributed by atoms with Crippen LogP contribution in [0.4, 0.5) is 0 Å². The fourth-order valence-corrected chi connectivity index (χ4v) is 1.82. The van der Waals surface area contributed by atoms with E-state index in [2.05, 4.69) is 30.9 Å². The number of fused-ring (bicyclic) bond motifs is 1. The van der Waals surface area contributed by atoms with Crippen LogP contribution >= 0.6 is 15.9 Å². The highest BCUT2D eigenvalue weighted by Gasteiger charge is 2.05. The number of pyridine rings is 1. The number of halogens is 1. The van der Waals surface area contributed by atoms with Gasteiger partial charge in [-0.25, -0.2) is 4.98 Å². The molecule has 3 rings (SSSR count). The Morgan fingerprint density at radius 3 is 2.69 bits per heavy atom. The molecule has 1 aromatic carbocycles. The van der Waals surface area contributed by atoms with Crippen molar-refractivity contribution in [2.24, 2.45) is 0 Å². The summed E-state index contributed by atoms with van der Waals surface area (Å²) in [6.45, 7) is 0. The maximum atomic E-state index is 4.48. The third-order valence-corrected chi connectivity index (χ3v) is 2.83. The molecular weight excluding hydrogens is 266 g/mol. The quantitative estimate of drug-likeness (QED) is 0.739. The Morgan fingerprint density at radius 1 is 1.06 bits per heavy atom. The van der Waals surface area contributed by atoms with Gasteiger partial charge in [0, 0.05) is 10.7 Å². The van der Waals surface area contributed by atoms with Gasteiger partial charge in [0.1, 0.15) is 5.69 Å². The molecule has 0 spiro atoms. The van der Waals surface area contributed by atoms with Crippen LogP contribution in [-0.2, 0) is 0 Å². The molecule has 2 heterocycles. The van der Waals surface area contributed by atoms with Gasteiger partial charge in [-0.1, -0.05) is 12.1 Å². The normalized spacial score (nSPS) is 10.8. The van der Waals surface area contributed by atoms with Crippen LogP contribution in [0, 0.1) is 0 Å². The molecule has 0 saturated carbocycles. The third kappa shape index (κ3) is 1.61. The van der Waals surface area contributed by atoms with Crippen molar-refractivity contribution in [3.8, 4) is 11.5 Å². The number of aromatic nitrogens is 3. The largest absolute Gasteiger partial charge is 0.337 e. The van der Waals surface area contributed by atoms with Crippen LogP contribution in [0.15, 0.2) is 47.1 Å². The van der Waals surface area contributed by atoms with Gasteiger partial charge in [0.25, 0.3) is 0 Å². The van der Waals surface area contributed by atoms with Crippen LogP contribution in [-0.4, -0.2) is 15.0 Å². The topological polar surface area (TPSA) is 41.6 Å². The van der Waals surface area contributed by atoms with Crippen LogP contribution in [0.3, 0.4) is 0 Å². The molecule has 2 aromatic heterocycles. The SMILES string of the molecule is Brc1ccc(-c2nc3ccccc3[nH]2)nc1. The summed E-state index contributed by atoms with van der Waals surface area (Å²) in [5.41, 5.74) is 2.84. The van der Waals surface area contributed by atoms with Crippen LogP contribution in [0.25, 0.3) is 22.6 Å². The zero-order valence-corrected chi connectivity index (χ0v) is 9.90. The first-order valence-electron chi connectivity index (χ1n) is 4.89. The molecule has 4 heteroatoms. The molecule has 0 atom stereocenters. The van der Waals surface area contributed by atoms with Gasteiger partial charge in [0.2, 0.25) is 0 Å². The number of hydrogen-bond acceptors (Lipinski definition) is 2. The number of imidazole rings is 1. The van der Waals surface area contributed by atoms with Gasteiger partial charge in [-0.05, 0) is 40.2 Å². The lowest BCUT2D eigenvalue weighted by Crippen LogP contribution is -1.84.